The minimum absolute atomic E-state index is 0.00640. The minimum Gasteiger partial charge on any atom is -0.392 e. The van der Waals surface area contributed by atoms with Crippen LogP contribution in [0, 0.1) is 0 Å². The minimum atomic E-state index is -0.00640. The zero-order valence-corrected chi connectivity index (χ0v) is 13.3. The van der Waals surface area contributed by atoms with Gasteiger partial charge >= 0.3 is 0 Å². The van der Waals surface area contributed by atoms with Crippen molar-refractivity contribution in [2.24, 2.45) is 0 Å². The smallest absolute Gasteiger partial charge is 0.159 e. The van der Waals surface area contributed by atoms with Crippen molar-refractivity contribution in [2.75, 3.05) is 5.32 Å². The van der Waals surface area contributed by atoms with Gasteiger partial charge in [0.05, 0.1) is 23.9 Å². The van der Waals surface area contributed by atoms with Crippen molar-refractivity contribution < 1.29 is 5.11 Å². The first-order valence-corrected chi connectivity index (χ1v) is 7.95. The normalized spacial score (nSPS) is 11.5. The van der Waals surface area contributed by atoms with Gasteiger partial charge in [-0.3, -0.25) is 0 Å². The largest absolute Gasteiger partial charge is 0.392 e. The highest BCUT2D eigenvalue weighted by Crippen LogP contribution is 2.28. The van der Waals surface area contributed by atoms with E-state index in [4.69, 9.17) is 0 Å². The summed E-state index contributed by atoms with van der Waals surface area (Å²) in [6.45, 7) is 7.25. The van der Waals surface area contributed by atoms with Crippen LogP contribution in [0.2, 0.25) is 0 Å². The topological polar surface area (TPSA) is 63.0 Å². The molecule has 2 heterocycles. The van der Waals surface area contributed by atoms with E-state index >= 15 is 0 Å². The predicted octanol–water partition coefficient (Wildman–Crippen LogP) is 3.32. The Labute approximate surface area is 126 Å². The number of nitrogens with zero attached hydrogens (tertiary/aromatic N) is 3. The molecule has 116 valence electrons. The van der Waals surface area contributed by atoms with Crippen LogP contribution >= 0.6 is 0 Å². The lowest BCUT2D eigenvalue weighted by Crippen LogP contribution is -2.20. The Morgan fingerprint density at radius 3 is 2.48 bits per heavy atom. The quantitative estimate of drug-likeness (QED) is 0.783. The van der Waals surface area contributed by atoms with E-state index in [1.165, 1.54) is 0 Å². The van der Waals surface area contributed by atoms with Gasteiger partial charge in [0, 0.05) is 24.3 Å². The van der Waals surface area contributed by atoms with Crippen LogP contribution in [-0.2, 0) is 13.2 Å². The van der Waals surface area contributed by atoms with Crippen molar-refractivity contribution >= 4 is 16.7 Å². The third kappa shape index (κ3) is 3.35. The molecule has 0 saturated heterocycles. The first-order valence-electron chi connectivity index (χ1n) is 7.95. The number of aryl methyl sites for hydroxylation is 1. The summed E-state index contributed by atoms with van der Waals surface area (Å²) < 4.78 is 1.89. The van der Waals surface area contributed by atoms with Gasteiger partial charge in [-0.25, -0.2) is 9.67 Å². The van der Waals surface area contributed by atoms with E-state index in [2.05, 4.69) is 36.2 Å². The lowest BCUT2D eigenvalue weighted by molar-refractivity contribution is 0.282. The molecular weight excluding hydrogens is 264 g/mol. The van der Waals surface area contributed by atoms with Crippen LogP contribution in [0.3, 0.4) is 0 Å². The molecule has 5 nitrogen and oxygen atoms in total. The van der Waals surface area contributed by atoms with Gasteiger partial charge in [-0.05, 0) is 19.8 Å². The molecule has 0 aliphatic carbocycles. The average molecular weight is 290 g/mol. The molecule has 0 aromatic carbocycles. The fourth-order valence-corrected chi connectivity index (χ4v) is 2.78. The van der Waals surface area contributed by atoms with Gasteiger partial charge in [-0.15, -0.1) is 0 Å². The molecule has 0 aliphatic heterocycles. The highest BCUT2D eigenvalue weighted by Gasteiger charge is 2.15. The fourth-order valence-electron chi connectivity index (χ4n) is 2.78. The zero-order chi connectivity index (χ0) is 15.2. The maximum absolute atomic E-state index is 9.61. The number of anilines is 1. The second kappa shape index (κ2) is 7.41. The Hall–Kier alpha value is -1.62. The number of nitrogens with one attached hydrogen (secondary N) is 1. The molecular formula is C16H26N4O. The second-order valence-electron chi connectivity index (χ2n) is 5.43. The molecule has 0 radical (unpaired) electrons. The lowest BCUT2D eigenvalue weighted by atomic mass is 10.0. The molecule has 2 rings (SSSR count). The molecule has 0 aliphatic rings. The van der Waals surface area contributed by atoms with Crippen LogP contribution in [0.4, 0.5) is 5.69 Å². The number of rotatable bonds is 8. The number of fused-ring (bicyclic) bond motifs is 1. The first-order chi connectivity index (χ1) is 10.2. The van der Waals surface area contributed by atoms with Gasteiger partial charge in [-0.2, -0.15) is 5.10 Å². The highest BCUT2D eigenvalue weighted by molar-refractivity contribution is 5.90. The molecule has 0 fully saturated rings. The summed E-state index contributed by atoms with van der Waals surface area (Å²) in [5.41, 5.74) is 2.72. The Bertz CT molecular complexity index is 573. The monoisotopic (exact) mass is 290 g/mol. The standard InChI is InChI=1S/C16H26N4O/c1-4-7-13(8-5-2)19-15-12(11-21)9-17-16-14(15)10-18-20(16)6-3/h9-10,13,21H,4-8,11H2,1-3H3,(H,17,19). The second-order valence-corrected chi connectivity index (χ2v) is 5.43. The molecule has 0 bridgehead atoms. The Morgan fingerprint density at radius 1 is 1.19 bits per heavy atom. The Morgan fingerprint density at radius 2 is 1.90 bits per heavy atom. The van der Waals surface area contributed by atoms with E-state index in [0.29, 0.717) is 6.04 Å². The van der Waals surface area contributed by atoms with Crippen molar-refractivity contribution in [3.05, 3.63) is 18.0 Å². The van der Waals surface area contributed by atoms with Gasteiger partial charge in [-0.1, -0.05) is 26.7 Å². The fraction of sp³-hybridized carbons (Fsp3) is 0.625. The van der Waals surface area contributed by atoms with Crippen LogP contribution < -0.4 is 5.32 Å². The van der Waals surface area contributed by atoms with Crippen LogP contribution in [0.5, 0.6) is 0 Å². The van der Waals surface area contributed by atoms with Gasteiger partial charge in [0.15, 0.2) is 5.65 Å². The lowest BCUT2D eigenvalue weighted by Gasteiger charge is -2.21. The first kappa shape index (κ1) is 15.8. The van der Waals surface area contributed by atoms with E-state index in [9.17, 15) is 5.11 Å². The molecule has 0 unspecified atom stereocenters. The average Bonchev–Trinajstić information content (AvgIpc) is 2.91. The molecule has 2 aromatic rings. The van der Waals surface area contributed by atoms with E-state index in [-0.39, 0.29) is 6.61 Å². The van der Waals surface area contributed by atoms with Crippen LogP contribution in [0.25, 0.3) is 11.0 Å². The molecule has 2 N–H and O–H groups in total. The highest BCUT2D eigenvalue weighted by atomic mass is 16.3. The summed E-state index contributed by atoms with van der Waals surface area (Å²) in [5, 5.41) is 18.6. The summed E-state index contributed by atoms with van der Waals surface area (Å²) in [4.78, 5) is 4.44. The molecule has 0 spiro atoms. The number of hydrogen-bond acceptors (Lipinski definition) is 4. The molecule has 0 amide bonds. The zero-order valence-electron chi connectivity index (χ0n) is 13.3. The van der Waals surface area contributed by atoms with Crippen LogP contribution in [0.15, 0.2) is 12.4 Å². The van der Waals surface area contributed by atoms with Crippen molar-refractivity contribution in [1.82, 2.24) is 14.8 Å². The third-order valence-corrected chi connectivity index (χ3v) is 3.84. The molecule has 0 saturated carbocycles. The van der Waals surface area contributed by atoms with Gasteiger partial charge in [0.25, 0.3) is 0 Å². The number of aliphatic hydroxyl groups excluding tert-OH is 1. The van der Waals surface area contributed by atoms with E-state index in [1.54, 1.807) is 6.20 Å². The van der Waals surface area contributed by atoms with Crippen LogP contribution in [-0.4, -0.2) is 25.9 Å². The third-order valence-electron chi connectivity index (χ3n) is 3.84. The number of aromatic nitrogens is 3. The van der Waals surface area contributed by atoms with E-state index in [1.807, 2.05) is 10.9 Å². The van der Waals surface area contributed by atoms with Gasteiger partial charge in [0.2, 0.25) is 0 Å². The van der Waals surface area contributed by atoms with Crippen molar-refractivity contribution in [2.45, 2.75) is 65.6 Å². The molecule has 0 atom stereocenters. The Kier molecular flexibility index (Phi) is 5.56. The number of hydrogen-bond donors (Lipinski definition) is 2. The molecule has 2 aromatic heterocycles. The summed E-state index contributed by atoms with van der Waals surface area (Å²) in [6, 6.07) is 0.431. The molecule has 21 heavy (non-hydrogen) atoms. The van der Waals surface area contributed by atoms with Gasteiger partial charge in [0.1, 0.15) is 0 Å². The number of pyridine rings is 1. The van der Waals surface area contributed by atoms with Crippen molar-refractivity contribution in [3.63, 3.8) is 0 Å². The molecule has 5 heteroatoms. The number of aliphatic hydroxyl groups is 1. The Balaban J connectivity index is 2.41. The summed E-state index contributed by atoms with van der Waals surface area (Å²) in [6.07, 6.45) is 8.16. The maximum atomic E-state index is 9.61. The van der Waals surface area contributed by atoms with Gasteiger partial charge < -0.3 is 10.4 Å². The summed E-state index contributed by atoms with van der Waals surface area (Å²) >= 11 is 0. The SMILES string of the molecule is CCCC(CCC)Nc1c(CO)cnc2c1cnn2CC. The predicted molar refractivity (Wildman–Crippen MR) is 86.4 cm³/mol. The van der Waals surface area contributed by atoms with E-state index in [0.717, 1.165) is 54.5 Å². The van der Waals surface area contributed by atoms with Crippen molar-refractivity contribution in [1.29, 1.82) is 0 Å². The maximum Gasteiger partial charge on any atom is 0.159 e. The van der Waals surface area contributed by atoms with E-state index < -0.39 is 0 Å². The summed E-state index contributed by atoms with van der Waals surface area (Å²) in [5.74, 6) is 0. The summed E-state index contributed by atoms with van der Waals surface area (Å²) in [7, 11) is 0. The van der Waals surface area contributed by atoms with Crippen molar-refractivity contribution in [3.8, 4) is 0 Å². The van der Waals surface area contributed by atoms with Crippen LogP contribution in [0.1, 0.15) is 52.0 Å².